The summed E-state index contributed by atoms with van der Waals surface area (Å²) in [7, 11) is -16.4. The molecule has 0 aliphatic carbocycles. The van der Waals surface area contributed by atoms with Gasteiger partial charge in [0.25, 0.3) is 0 Å². The van der Waals surface area contributed by atoms with E-state index in [2.05, 4.69) is 34.4 Å². The molecule has 0 bridgehead atoms. The lowest BCUT2D eigenvalue weighted by Crippen LogP contribution is -2.46. The zero-order valence-corrected chi connectivity index (χ0v) is 37.7. The number of fused-ring (bicyclic) bond motifs is 1. The van der Waals surface area contributed by atoms with Gasteiger partial charge in [-0.25, -0.2) is 28.6 Å². The van der Waals surface area contributed by atoms with Crippen molar-refractivity contribution >= 4 is 69.1 Å². The van der Waals surface area contributed by atoms with E-state index in [0.29, 0.717) is 31.4 Å². The van der Waals surface area contributed by atoms with Crippen LogP contribution in [0.15, 0.2) is 24.8 Å². The van der Waals surface area contributed by atoms with Crippen molar-refractivity contribution in [3.05, 3.63) is 24.8 Å². The van der Waals surface area contributed by atoms with Gasteiger partial charge in [0.1, 0.15) is 36.3 Å². The summed E-state index contributed by atoms with van der Waals surface area (Å²) < 4.78 is 62.3. The minimum absolute atomic E-state index is 0.0115. The highest BCUT2D eigenvalue weighted by Gasteiger charge is 2.50. The first-order valence-electron chi connectivity index (χ1n) is 19.3. The number of anilines is 1. The third kappa shape index (κ3) is 18.0. The molecule has 2 aromatic heterocycles. The molecule has 1 aliphatic heterocycles. The first-order valence-corrected chi connectivity index (χ1v) is 24.8. The number of nitrogen functional groups attached to an aromatic ring is 1. The molecule has 0 aromatic carbocycles. The number of hydrogen-bond acceptors (Lipinski definition) is 19. The summed E-state index contributed by atoms with van der Waals surface area (Å²) in [5, 5.41) is 36.4. The number of carbonyl (C=O) groups excluding carboxylic acids is 3. The highest BCUT2D eigenvalue weighted by Crippen LogP contribution is 2.61. The van der Waals surface area contributed by atoms with E-state index in [4.69, 9.17) is 19.5 Å². The van der Waals surface area contributed by atoms with Gasteiger partial charge in [-0.3, -0.25) is 32.5 Å². The molecule has 1 aliphatic rings. The van der Waals surface area contributed by atoms with Crippen molar-refractivity contribution in [3.63, 3.8) is 0 Å². The van der Waals surface area contributed by atoms with Crippen LogP contribution in [0.25, 0.3) is 11.2 Å². The van der Waals surface area contributed by atoms with Crippen molar-refractivity contribution < 1.29 is 85.6 Å². The number of phosphoric acid groups is 3. The number of aromatic nitrogens is 4. The standard InChI is InChI=1S/C33H56N7O18P3S/c1-4-5-7-10-21(41)11-8-6-9-12-24(43)62-16-15-35-23(42)13-14-36-31(46)28(45)33(2,3)18-55-61(52,53)58-60(50,51)54-17-22-27(57-59(47,48)49)26(44)32(56-22)40-20-39-25-29(34)37-19-38-30(25)40/h5,7,19-22,26-28,32,41,44-45H,4,6,8-18H2,1-3H3,(H,35,42)(H,36,46)(H,50,51)(H,52,53)(H2,34,37,38)(H2,47,48,49)/b7-5+. The molecule has 0 radical (unpaired) electrons. The Kier molecular flexibility index (Phi) is 21.2. The zero-order valence-electron chi connectivity index (χ0n) is 34.2. The third-order valence-corrected chi connectivity index (χ3v) is 13.0. The van der Waals surface area contributed by atoms with Crippen molar-refractivity contribution in [1.29, 1.82) is 0 Å². The predicted octanol–water partition coefficient (Wildman–Crippen LogP) is 1.33. The molecule has 352 valence electrons. The van der Waals surface area contributed by atoms with Crippen molar-refractivity contribution in [1.82, 2.24) is 30.2 Å². The second-order valence-electron chi connectivity index (χ2n) is 14.7. The molecule has 62 heavy (non-hydrogen) atoms. The summed E-state index contributed by atoms with van der Waals surface area (Å²) in [6.45, 7) is 2.49. The number of carbonyl (C=O) groups is 3. The average molecular weight is 964 g/mol. The maximum Gasteiger partial charge on any atom is 0.481 e. The van der Waals surface area contributed by atoms with E-state index in [9.17, 15) is 63.0 Å². The van der Waals surface area contributed by atoms with Crippen LogP contribution in [0.5, 0.6) is 0 Å². The van der Waals surface area contributed by atoms with Gasteiger partial charge in [0, 0.05) is 37.1 Å². The Labute approximate surface area is 361 Å². The molecule has 8 atom stereocenters. The summed E-state index contributed by atoms with van der Waals surface area (Å²) in [4.78, 5) is 88.0. The molecular formula is C33H56N7O18P3S. The lowest BCUT2D eigenvalue weighted by Gasteiger charge is -2.30. The molecule has 29 heteroatoms. The SMILES string of the molecule is CC/C=C/CC(O)CCCCCC(=O)SCCNC(=O)CCNC(=O)C(O)C(C)(C)COP(=O)(O)OP(=O)(O)OCC1OC(n2cnc3c(N)ncnc32)C(O)C1OP(=O)(O)O. The lowest BCUT2D eigenvalue weighted by atomic mass is 9.87. The monoisotopic (exact) mass is 963 g/mol. The molecule has 1 fully saturated rings. The average Bonchev–Trinajstić information content (AvgIpc) is 3.74. The van der Waals surface area contributed by atoms with E-state index in [1.165, 1.54) is 13.8 Å². The fourth-order valence-corrected chi connectivity index (χ4v) is 9.28. The first kappa shape index (κ1) is 53.6. The fraction of sp³-hybridized carbons (Fsp3) is 0.697. The molecule has 1 saturated heterocycles. The normalized spacial score (nSPS) is 21.4. The molecule has 0 saturated carbocycles. The maximum absolute atomic E-state index is 12.7. The summed E-state index contributed by atoms with van der Waals surface area (Å²) in [6, 6.07) is 0. The topological polar surface area (TPSA) is 384 Å². The number of hydrogen-bond donors (Lipinski definition) is 10. The molecule has 2 amide bonds. The Morgan fingerprint density at radius 1 is 1.00 bits per heavy atom. The van der Waals surface area contributed by atoms with E-state index in [1.54, 1.807) is 0 Å². The van der Waals surface area contributed by atoms with Crippen LogP contribution in [-0.4, -0.2) is 134 Å². The van der Waals surface area contributed by atoms with E-state index < -0.39 is 84.6 Å². The Morgan fingerprint density at radius 3 is 2.40 bits per heavy atom. The van der Waals surface area contributed by atoms with Crippen LogP contribution in [0.3, 0.4) is 0 Å². The van der Waals surface area contributed by atoms with Crippen LogP contribution in [0.2, 0.25) is 0 Å². The number of allylic oxidation sites excluding steroid dienone is 1. The molecular weight excluding hydrogens is 907 g/mol. The van der Waals surface area contributed by atoms with Crippen LogP contribution in [-0.2, 0) is 50.7 Å². The number of ether oxygens (including phenoxy) is 1. The summed E-state index contributed by atoms with van der Waals surface area (Å²) in [5.74, 6) is -1.13. The van der Waals surface area contributed by atoms with Crippen LogP contribution in [0, 0.1) is 5.41 Å². The molecule has 3 heterocycles. The number of nitrogens with two attached hydrogens (primary N) is 1. The zero-order chi connectivity index (χ0) is 46.3. The van der Waals surface area contributed by atoms with Gasteiger partial charge < -0.3 is 56.0 Å². The van der Waals surface area contributed by atoms with Gasteiger partial charge in [-0.05, 0) is 25.7 Å². The number of aliphatic hydroxyl groups is 3. The summed E-state index contributed by atoms with van der Waals surface area (Å²) in [5.41, 5.74) is 4.25. The summed E-state index contributed by atoms with van der Waals surface area (Å²) >= 11 is 1.09. The number of rotatable bonds is 28. The highest BCUT2D eigenvalue weighted by molar-refractivity contribution is 8.13. The van der Waals surface area contributed by atoms with Gasteiger partial charge in [-0.15, -0.1) is 0 Å². The number of imidazole rings is 1. The Bertz CT molecular complexity index is 1970. The molecule has 3 rings (SSSR count). The van der Waals surface area contributed by atoms with Crippen LogP contribution in [0.1, 0.15) is 78.4 Å². The van der Waals surface area contributed by atoms with Crippen molar-refractivity contribution in [3.8, 4) is 0 Å². The number of thioether (sulfide) groups is 1. The molecule has 2 aromatic rings. The van der Waals surface area contributed by atoms with Crippen LogP contribution >= 0.6 is 35.2 Å². The number of unbranched alkanes of at least 4 members (excludes halogenated alkanes) is 2. The minimum atomic E-state index is -5.58. The van der Waals surface area contributed by atoms with Crippen molar-refractivity contribution in [2.24, 2.45) is 5.41 Å². The van der Waals surface area contributed by atoms with E-state index >= 15 is 0 Å². The number of nitrogens with zero attached hydrogens (tertiary/aromatic N) is 4. The second kappa shape index (κ2) is 24.5. The third-order valence-electron chi connectivity index (χ3n) is 8.99. The van der Waals surface area contributed by atoms with Crippen LogP contribution in [0.4, 0.5) is 5.82 Å². The predicted molar refractivity (Wildman–Crippen MR) is 220 cm³/mol. The molecule has 0 spiro atoms. The largest absolute Gasteiger partial charge is 0.481 e. The Morgan fingerprint density at radius 2 is 1.71 bits per heavy atom. The van der Waals surface area contributed by atoms with Gasteiger partial charge in [0.15, 0.2) is 22.8 Å². The smallest absolute Gasteiger partial charge is 0.393 e. The van der Waals surface area contributed by atoms with Crippen molar-refractivity contribution in [2.45, 2.75) is 109 Å². The number of amides is 2. The van der Waals surface area contributed by atoms with Gasteiger partial charge in [0.05, 0.1) is 25.6 Å². The van der Waals surface area contributed by atoms with Gasteiger partial charge in [0.2, 0.25) is 11.8 Å². The number of phosphoric ester groups is 3. The van der Waals surface area contributed by atoms with Gasteiger partial charge in [-0.2, -0.15) is 4.31 Å². The Balaban J connectivity index is 1.38. The highest BCUT2D eigenvalue weighted by atomic mass is 32.2. The van der Waals surface area contributed by atoms with Crippen LogP contribution < -0.4 is 16.4 Å². The number of nitrogens with one attached hydrogen (secondary N) is 2. The second-order valence-corrected chi connectivity index (χ2v) is 20.0. The fourth-order valence-electron chi connectivity index (χ4n) is 5.73. The van der Waals surface area contributed by atoms with E-state index in [1.807, 2.05) is 19.1 Å². The molecule has 25 nitrogen and oxygen atoms in total. The number of aliphatic hydroxyl groups excluding tert-OH is 3. The first-order chi connectivity index (χ1) is 28.9. The summed E-state index contributed by atoms with van der Waals surface area (Å²) in [6.07, 6.45) is 1.57. The molecule has 11 N–H and O–H groups in total. The Hall–Kier alpha value is -2.74. The van der Waals surface area contributed by atoms with E-state index in [-0.39, 0.29) is 47.7 Å². The molecule has 8 unspecified atom stereocenters. The lowest BCUT2D eigenvalue weighted by molar-refractivity contribution is -0.137. The van der Waals surface area contributed by atoms with Gasteiger partial charge in [-0.1, -0.05) is 57.5 Å². The van der Waals surface area contributed by atoms with E-state index in [0.717, 1.165) is 48.2 Å². The minimum Gasteiger partial charge on any atom is -0.393 e. The maximum atomic E-state index is 12.7. The van der Waals surface area contributed by atoms with Gasteiger partial charge >= 0.3 is 23.5 Å². The van der Waals surface area contributed by atoms with Crippen molar-refractivity contribution in [2.75, 3.05) is 37.8 Å². The quantitative estimate of drug-likeness (QED) is 0.0327.